The van der Waals surface area contributed by atoms with Crippen molar-refractivity contribution in [3.8, 4) is 0 Å². The lowest BCUT2D eigenvalue weighted by molar-refractivity contribution is -0.384. The van der Waals surface area contributed by atoms with E-state index < -0.39 is 10.8 Å². The fraction of sp³-hybridized carbons (Fsp3) is 0.0625. The van der Waals surface area contributed by atoms with Crippen molar-refractivity contribution in [2.75, 3.05) is 11.6 Å². The van der Waals surface area contributed by atoms with E-state index in [0.29, 0.717) is 5.13 Å². The Morgan fingerprint density at radius 1 is 1.19 bits per heavy atom. The minimum Gasteiger partial charge on any atom is -0.298 e. The quantitative estimate of drug-likeness (QED) is 0.260. The number of hydrogen-bond donors (Lipinski definition) is 1. The van der Waals surface area contributed by atoms with Gasteiger partial charge in [-0.1, -0.05) is 34.7 Å². The first-order valence-electron chi connectivity index (χ1n) is 7.45. The standard InChI is InChI=1S/C16H9ClN4O3S3/c1-25-16-19-11-5-4-10-12(13(11)27-16)26-15(18-10)20-14(22)8-6-7(21(23)24)2-3-9(8)17/h2-6H,1H3,(H,18,20,22). The van der Waals surface area contributed by atoms with E-state index in [-0.39, 0.29) is 16.3 Å². The van der Waals surface area contributed by atoms with Gasteiger partial charge in [-0.15, -0.1) is 11.3 Å². The highest BCUT2D eigenvalue weighted by molar-refractivity contribution is 8.00. The molecule has 1 N–H and O–H groups in total. The van der Waals surface area contributed by atoms with Crippen LogP contribution in [-0.4, -0.2) is 27.1 Å². The van der Waals surface area contributed by atoms with Crippen molar-refractivity contribution in [3.63, 3.8) is 0 Å². The topological polar surface area (TPSA) is 98.0 Å². The van der Waals surface area contributed by atoms with Crippen LogP contribution in [0.25, 0.3) is 20.4 Å². The van der Waals surface area contributed by atoms with E-state index in [1.165, 1.54) is 23.5 Å². The Balaban J connectivity index is 1.70. The summed E-state index contributed by atoms with van der Waals surface area (Å²) in [5, 5.41) is 14.1. The molecule has 1 amide bonds. The summed E-state index contributed by atoms with van der Waals surface area (Å²) < 4.78 is 2.91. The van der Waals surface area contributed by atoms with E-state index in [9.17, 15) is 14.9 Å². The predicted octanol–water partition coefficient (Wildman–Crippen LogP) is 5.44. The number of non-ortho nitro benzene ring substituents is 1. The van der Waals surface area contributed by atoms with Gasteiger partial charge in [0.25, 0.3) is 11.6 Å². The summed E-state index contributed by atoms with van der Waals surface area (Å²) in [5.41, 5.74) is 1.46. The Kier molecular flexibility index (Phi) is 4.72. The SMILES string of the molecule is CSc1nc2ccc3nc(NC(=O)c4cc([N+](=O)[O-])ccc4Cl)sc3c2s1. The van der Waals surface area contributed by atoms with Crippen molar-refractivity contribution in [3.05, 3.63) is 51.0 Å². The van der Waals surface area contributed by atoms with E-state index >= 15 is 0 Å². The summed E-state index contributed by atoms with van der Waals surface area (Å²) in [6.45, 7) is 0. The number of nitro groups is 1. The molecule has 0 aliphatic carbocycles. The summed E-state index contributed by atoms with van der Waals surface area (Å²) in [5.74, 6) is -0.548. The monoisotopic (exact) mass is 436 g/mol. The molecule has 7 nitrogen and oxygen atoms in total. The first kappa shape index (κ1) is 18.1. The van der Waals surface area contributed by atoms with Crippen LogP contribution in [0.4, 0.5) is 10.8 Å². The second kappa shape index (κ2) is 7.04. The highest BCUT2D eigenvalue weighted by Gasteiger charge is 2.18. The second-order valence-corrected chi connectivity index (χ2v) is 8.80. The van der Waals surface area contributed by atoms with E-state index in [4.69, 9.17) is 11.6 Å². The van der Waals surface area contributed by atoms with Gasteiger partial charge in [-0.05, 0) is 24.5 Å². The first-order valence-corrected chi connectivity index (χ1v) is 10.7. The largest absolute Gasteiger partial charge is 0.298 e. The highest BCUT2D eigenvalue weighted by Crippen LogP contribution is 2.38. The lowest BCUT2D eigenvalue weighted by Gasteiger charge is -2.03. The molecule has 0 bridgehead atoms. The number of hydrogen-bond acceptors (Lipinski definition) is 8. The van der Waals surface area contributed by atoms with Gasteiger partial charge >= 0.3 is 0 Å². The average molecular weight is 437 g/mol. The van der Waals surface area contributed by atoms with E-state index in [0.717, 1.165) is 30.8 Å². The number of halogens is 1. The van der Waals surface area contributed by atoms with Crippen molar-refractivity contribution < 1.29 is 9.72 Å². The van der Waals surface area contributed by atoms with Crippen molar-refractivity contribution in [1.29, 1.82) is 0 Å². The van der Waals surface area contributed by atoms with Gasteiger partial charge in [-0.25, -0.2) is 9.97 Å². The molecule has 4 rings (SSSR count). The van der Waals surface area contributed by atoms with Crippen molar-refractivity contribution in [2.24, 2.45) is 0 Å². The molecule has 2 heterocycles. The minimum absolute atomic E-state index is 0.0257. The molecular weight excluding hydrogens is 428 g/mol. The van der Waals surface area contributed by atoms with Crippen LogP contribution in [0.5, 0.6) is 0 Å². The first-order chi connectivity index (χ1) is 13.0. The van der Waals surface area contributed by atoms with Gasteiger partial charge in [0.1, 0.15) is 0 Å². The third-order valence-corrected chi connectivity index (χ3v) is 7.23. The normalized spacial score (nSPS) is 11.2. The Bertz CT molecular complexity index is 1220. The molecular formula is C16H9ClN4O3S3. The number of carbonyl (C=O) groups is 1. The second-order valence-electron chi connectivity index (χ2n) is 5.34. The van der Waals surface area contributed by atoms with Crippen LogP contribution in [0, 0.1) is 10.1 Å². The Hall–Kier alpha value is -2.27. The predicted molar refractivity (Wildman–Crippen MR) is 111 cm³/mol. The van der Waals surface area contributed by atoms with E-state index in [1.54, 1.807) is 23.1 Å². The third kappa shape index (κ3) is 3.36. The van der Waals surface area contributed by atoms with E-state index in [2.05, 4.69) is 15.3 Å². The molecule has 0 radical (unpaired) electrons. The van der Waals surface area contributed by atoms with Crippen LogP contribution in [0.1, 0.15) is 10.4 Å². The Morgan fingerprint density at radius 3 is 2.59 bits per heavy atom. The molecule has 11 heteroatoms. The fourth-order valence-electron chi connectivity index (χ4n) is 2.46. The van der Waals surface area contributed by atoms with E-state index in [1.807, 2.05) is 18.4 Å². The summed E-state index contributed by atoms with van der Waals surface area (Å²) in [7, 11) is 0. The lowest BCUT2D eigenvalue weighted by Crippen LogP contribution is -2.12. The van der Waals surface area contributed by atoms with Crippen molar-refractivity contribution in [1.82, 2.24) is 9.97 Å². The molecule has 136 valence electrons. The van der Waals surface area contributed by atoms with Gasteiger partial charge < -0.3 is 0 Å². The molecule has 0 saturated heterocycles. The highest BCUT2D eigenvalue weighted by atomic mass is 35.5. The maximum atomic E-state index is 12.5. The number of nitro benzene ring substituents is 1. The number of carbonyl (C=O) groups excluding carboxylic acids is 1. The number of amides is 1. The molecule has 0 aliphatic rings. The number of rotatable bonds is 4. The summed E-state index contributed by atoms with van der Waals surface area (Å²) >= 11 is 10.5. The van der Waals surface area contributed by atoms with Crippen LogP contribution >= 0.6 is 46.0 Å². The molecule has 0 fully saturated rings. The lowest BCUT2D eigenvalue weighted by atomic mass is 10.2. The molecule has 2 aromatic carbocycles. The van der Waals surface area contributed by atoms with Gasteiger partial charge in [0.15, 0.2) is 9.47 Å². The summed E-state index contributed by atoms with van der Waals surface area (Å²) in [6.07, 6.45) is 1.97. The number of benzene rings is 2. The number of anilines is 1. The van der Waals surface area contributed by atoms with Crippen LogP contribution in [-0.2, 0) is 0 Å². The molecule has 0 unspecified atom stereocenters. The van der Waals surface area contributed by atoms with Crippen molar-refractivity contribution >= 4 is 83.2 Å². The maximum Gasteiger partial charge on any atom is 0.270 e. The number of fused-ring (bicyclic) bond motifs is 3. The van der Waals surface area contributed by atoms with Crippen LogP contribution in [0.2, 0.25) is 5.02 Å². The molecule has 4 aromatic rings. The zero-order chi connectivity index (χ0) is 19.1. The molecule has 0 aliphatic heterocycles. The van der Waals surface area contributed by atoms with Gasteiger partial charge in [-0.2, -0.15) is 0 Å². The smallest absolute Gasteiger partial charge is 0.270 e. The zero-order valence-electron chi connectivity index (χ0n) is 13.6. The zero-order valence-corrected chi connectivity index (χ0v) is 16.8. The number of nitrogens with zero attached hydrogens (tertiary/aromatic N) is 3. The molecule has 27 heavy (non-hydrogen) atoms. The third-order valence-electron chi connectivity index (χ3n) is 3.69. The Morgan fingerprint density at radius 2 is 1.89 bits per heavy atom. The van der Waals surface area contributed by atoms with Gasteiger partial charge in [0.2, 0.25) is 0 Å². The Labute approximate surface area is 169 Å². The van der Waals surface area contributed by atoms with Crippen LogP contribution < -0.4 is 5.32 Å². The van der Waals surface area contributed by atoms with Crippen molar-refractivity contribution in [2.45, 2.75) is 4.34 Å². The van der Waals surface area contributed by atoms with Gasteiger partial charge in [-0.3, -0.25) is 20.2 Å². The number of thioether (sulfide) groups is 1. The number of thiazole rings is 2. The molecule has 2 aromatic heterocycles. The van der Waals surface area contributed by atoms with Gasteiger partial charge in [0.05, 0.1) is 35.9 Å². The van der Waals surface area contributed by atoms with Crippen LogP contribution in [0.15, 0.2) is 34.7 Å². The number of aromatic nitrogens is 2. The minimum atomic E-state index is -0.575. The summed E-state index contributed by atoms with van der Waals surface area (Å²) in [4.78, 5) is 31.9. The molecule has 0 spiro atoms. The molecule has 0 saturated carbocycles. The van der Waals surface area contributed by atoms with Crippen LogP contribution in [0.3, 0.4) is 0 Å². The maximum absolute atomic E-state index is 12.5. The molecule has 0 atom stereocenters. The summed E-state index contributed by atoms with van der Waals surface area (Å²) in [6, 6.07) is 7.49. The fourth-order valence-corrected chi connectivity index (χ4v) is 5.32. The van der Waals surface area contributed by atoms with Gasteiger partial charge in [0, 0.05) is 12.1 Å². The average Bonchev–Trinajstić information content (AvgIpc) is 3.24. The number of nitrogens with one attached hydrogen (secondary N) is 1.